The number of aromatic nitrogens is 2. The molecule has 0 aliphatic carbocycles. The van der Waals surface area contributed by atoms with Gasteiger partial charge in [-0.15, -0.1) is 0 Å². The van der Waals surface area contributed by atoms with E-state index in [0.29, 0.717) is 5.88 Å². The quantitative estimate of drug-likeness (QED) is 0.812. The Balaban J connectivity index is 2.35. The largest absolute Gasteiger partial charge is 0.481 e. The maximum absolute atomic E-state index is 12.9. The van der Waals surface area contributed by atoms with Crippen molar-refractivity contribution in [3.05, 3.63) is 41.6 Å². The molecule has 1 heterocycles. The molecule has 2 rings (SSSR count). The van der Waals surface area contributed by atoms with E-state index in [1.54, 1.807) is 0 Å². The van der Waals surface area contributed by atoms with Crippen molar-refractivity contribution < 1.29 is 17.9 Å². The van der Waals surface area contributed by atoms with Crippen LogP contribution in [0.4, 0.5) is 13.2 Å². The summed E-state index contributed by atoms with van der Waals surface area (Å²) in [6.07, 6.45) is -3.14. The third kappa shape index (κ3) is 3.64. The number of alkyl halides is 3. The number of methoxy groups -OCH3 is 1. The predicted octanol–water partition coefficient (Wildman–Crippen LogP) is 3.53. The third-order valence-electron chi connectivity index (χ3n) is 2.44. The summed E-state index contributed by atoms with van der Waals surface area (Å²) in [5.74, 6) is 0.317. The summed E-state index contributed by atoms with van der Waals surface area (Å²) < 4.78 is 43.5. The summed E-state index contributed by atoms with van der Waals surface area (Å²) in [6, 6.07) is 6.52. The Labute approximate surface area is 122 Å². The standard InChI is InChI=1S/C13H8F3N3OS/c1-20-11-4-5-18-12(19-11)21-9-3-2-8(7-17)10(6-9)13(14,15)16/h2-6H,1H3. The zero-order valence-electron chi connectivity index (χ0n) is 10.7. The monoisotopic (exact) mass is 311 g/mol. The Morgan fingerprint density at radius 3 is 2.67 bits per heavy atom. The van der Waals surface area contributed by atoms with E-state index in [9.17, 15) is 13.2 Å². The van der Waals surface area contributed by atoms with Crippen molar-refractivity contribution >= 4 is 11.8 Å². The van der Waals surface area contributed by atoms with E-state index >= 15 is 0 Å². The number of nitriles is 1. The molecule has 0 N–H and O–H groups in total. The number of benzene rings is 1. The van der Waals surface area contributed by atoms with Gasteiger partial charge in [-0.2, -0.15) is 23.4 Å². The number of hydrogen-bond acceptors (Lipinski definition) is 5. The lowest BCUT2D eigenvalue weighted by atomic mass is 10.1. The number of halogens is 3. The average Bonchev–Trinajstić information content (AvgIpc) is 2.46. The van der Waals surface area contributed by atoms with Crippen LogP contribution in [0.25, 0.3) is 0 Å². The van der Waals surface area contributed by atoms with E-state index in [2.05, 4.69) is 9.97 Å². The molecule has 0 saturated carbocycles. The van der Waals surface area contributed by atoms with E-state index in [4.69, 9.17) is 10.00 Å². The molecular formula is C13H8F3N3OS. The second-order valence-corrected chi connectivity index (χ2v) is 4.84. The first-order valence-electron chi connectivity index (χ1n) is 5.60. The molecule has 0 spiro atoms. The molecule has 0 saturated heterocycles. The Kier molecular flexibility index (Phi) is 4.33. The summed E-state index contributed by atoms with van der Waals surface area (Å²) in [7, 11) is 1.43. The minimum Gasteiger partial charge on any atom is -0.481 e. The smallest absolute Gasteiger partial charge is 0.417 e. The molecule has 21 heavy (non-hydrogen) atoms. The Morgan fingerprint density at radius 1 is 1.29 bits per heavy atom. The SMILES string of the molecule is COc1ccnc(Sc2ccc(C#N)c(C(F)(F)F)c2)n1. The van der Waals surface area contributed by atoms with Gasteiger partial charge in [0.05, 0.1) is 24.3 Å². The summed E-state index contributed by atoms with van der Waals surface area (Å²) >= 11 is 0.955. The molecule has 0 amide bonds. The molecule has 1 aromatic heterocycles. The van der Waals surface area contributed by atoms with Crippen LogP contribution in [0, 0.1) is 11.3 Å². The number of nitrogens with zero attached hydrogens (tertiary/aromatic N) is 3. The maximum atomic E-state index is 12.9. The molecule has 2 aromatic rings. The highest BCUT2D eigenvalue weighted by Gasteiger charge is 2.33. The van der Waals surface area contributed by atoms with Gasteiger partial charge in [-0.1, -0.05) is 0 Å². The molecular weight excluding hydrogens is 303 g/mol. The van der Waals surface area contributed by atoms with Crippen molar-refractivity contribution in [1.29, 1.82) is 5.26 Å². The van der Waals surface area contributed by atoms with Gasteiger partial charge in [0.2, 0.25) is 5.88 Å². The van der Waals surface area contributed by atoms with E-state index in [-0.39, 0.29) is 10.1 Å². The van der Waals surface area contributed by atoms with Crippen molar-refractivity contribution in [2.75, 3.05) is 7.11 Å². The zero-order valence-corrected chi connectivity index (χ0v) is 11.5. The first-order chi connectivity index (χ1) is 9.94. The van der Waals surface area contributed by atoms with Gasteiger partial charge >= 0.3 is 6.18 Å². The van der Waals surface area contributed by atoms with Gasteiger partial charge in [0, 0.05) is 17.2 Å². The lowest BCUT2D eigenvalue weighted by Crippen LogP contribution is -2.07. The van der Waals surface area contributed by atoms with E-state index in [1.165, 1.54) is 31.5 Å². The summed E-state index contributed by atoms with van der Waals surface area (Å²) in [4.78, 5) is 8.23. The van der Waals surface area contributed by atoms with Crippen LogP contribution in [0.15, 0.2) is 40.5 Å². The Morgan fingerprint density at radius 2 is 2.05 bits per heavy atom. The first-order valence-corrected chi connectivity index (χ1v) is 6.42. The van der Waals surface area contributed by atoms with Crippen LogP contribution in [0.1, 0.15) is 11.1 Å². The minimum atomic E-state index is -4.59. The predicted molar refractivity (Wildman–Crippen MR) is 68.9 cm³/mol. The third-order valence-corrected chi connectivity index (χ3v) is 3.31. The average molecular weight is 311 g/mol. The van der Waals surface area contributed by atoms with Crippen molar-refractivity contribution in [1.82, 2.24) is 9.97 Å². The molecule has 4 nitrogen and oxygen atoms in total. The number of rotatable bonds is 3. The van der Waals surface area contributed by atoms with Gasteiger partial charge in [-0.3, -0.25) is 0 Å². The fourth-order valence-corrected chi connectivity index (χ4v) is 2.29. The van der Waals surface area contributed by atoms with Gasteiger partial charge < -0.3 is 4.74 Å². The van der Waals surface area contributed by atoms with Gasteiger partial charge in [0.1, 0.15) is 0 Å². The van der Waals surface area contributed by atoms with Crippen molar-refractivity contribution in [2.45, 2.75) is 16.2 Å². The first kappa shape index (κ1) is 15.1. The van der Waals surface area contributed by atoms with Gasteiger partial charge in [-0.05, 0) is 30.0 Å². The second-order valence-electron chi connectivity index (χ2n) is 3.80. The highest BCUT2D eigenvalue weighted by molar-refractivity contribution is 7.99. The minimum absolute atomic E-state index is 0.257. The topological polar surface area (TPSA) is 58.8 Å². The van der Waals surface area contributed by atoms with Crippen LogP contribution in [-0.2, 0) is 6.18 Å². The van der Waals surface area contributed by atoms with Crippen molar-refractivity contribution in [3.63, 3.8) is 0 Å². The normalized spacial score (nSPS) is 11.0. The maximum Gasteiger partial charge on any atom is 0.417 e. The second kappa shape index (κ2) is 6.01. The molecule has 0 aliphatic rings. The van der Waals surface area contributed by atoms with Crippen LogP contribution in [0.3, 0.4) is 0 Å². The van der Waals surface area contributed by atoms with Crippen molar-refractivity contribution in [2.24, 2.45) is 0 Å². The van der Waals surface area contributed by atoms with E-state index in [1.807, 2.05) is 0 Å². The van der Waals surface area contributed by atoms with Crippen LogP contribution in [-0.4, -0.2) is 17.1 Å². The van der Waals surface area contributed by atoms with Gasteiger partial charge in [0.25, 0.3) is 0 Å². The number of hydrogen-bond donors (Lipinski definition) is 0. The Bertz CT molecular complexity index is 698. The summed E-state index contributed by atoms with van der Waals surface area (Å²) in [5, 5.41) is 8.99. The molecule has 0 atom stereocenters. The number of ether oxygens (including phenoxy) is 1. The summed E-state index contributed by atoms with van der Waals surface area (Å²) in [5.41, 5.74) is -1.39. The molecule has 0 bridgehead atoms. The van der Waals surface area contributed by atoms with Crippen LogP contribution < -0.4 is 4.74 Å². The van der Waals surface area contributed by atoms with Crippen LogP contribution >= 0.6 is 11.8 Å². The molecule has 108 valence electrons. The van der Waals surface area contributed by atoms with Crippen molar-refractivity contribution in [3.8, 4) is 11.9 Å². The van der Waals surface area contributed by atoms with Crippen LogP contribution in [0.5, 0.6) is 5.88 Å². The van der Waals surface area contributed by atoms with Gasteiger partial charge in [-0.25, -0.2) is 4.98 Å². The molecule has 1 aromatic carbocycles. The molecule has 0 aliphatic heterocycles. The fourth-order valence-electron chi connectivity index (χ4n) is 1.51. The van der Waals surface area contributed by atoms with Gasteiger partial charge in [0.15, 0.2) is 5.16 Å². The molecule has 8 heteroatoms. The van der Waals surface area contributed by atoms with E-state index in [0.717, 1.165) is 23.9 Å². The van der Waals surface area contributed by atoms with E-state index < -0.39 is 17.3 Å². The lowest BCUT2D eigenvalue weighted by molar-refractivity contribution is -0.137. The zero-order chi connectivity index (χ0) is 15.5. The highest BCUT2D eigenvalue weighted by atomic mass is 32.2. The molecule has 0 radical (unpaired) electrons. The van der Waals surface area contributed by atoms with Crippen LogP contribution in [0.2, 0.25) is 0 Å². The molecule has 0 fully saturated rings. The molecule has 0 unspecified atom stereocenters. The Hall–Kier alpha value is -2.27. The lowest BCUT2D eigenvalue weighted by Gasteiger charge is -2.10. The fraction of sp³-hybridized carbons (Fsp3) is 0.154. The summed E-state index contributed by atoms with van der Waals surface area (Å²) in [6.45, 7) is 0. The highest BCUT2D eigenvalue weighted by Crippen LogP contribution is 2.35.